The zero-order valence-corrected chi connectivity index (χ0v) is 19.9. The van der Waals surface area contributed by atoms with Crippen LogP contribution in [0.2, 0.25) is 0 Å². The van der Waals surface area contributed by atoms with Gasteiger partial charge >= 0.3 is 0 Å². The van der Waals surface area contributed by atoms with Crippen molar-refractivity contribution < 1.29 is 9.84 Å². The summed E-state index contributed by atoms with van der Waals surface area (Å²) in [5.74, 6) is 0.309. The van der Waals surface area contributed by atoms with E-state index in [1.54, 1.807) is 11.3 Å². The molecule has 5 atom stereocenters. The Hall–Kier alpha value is -1.36. The van der Waals surface area contributed by atoms with Gasteiger partial charge in [-0.2, -0.15) is 0 Å². The van der Waals surface area contributed by atoms with Gasteiger partial charge in [0.15, 0.2) is 0 Å². The number of alkyl halides is 2. The van der Waals surface area contributed by atoms with Gasteiger partial charge in [-0.3, -0.25) is 0 Å². The average Bonchev–Trinajstić information content (AvgIpc) is 3.30. The molecule has 0 amide bonds. The molecule has 31 heavy (non-hydrogen) atoms. The normalized spacial score (nSPS) is 24.4. The van der Waals surface area contributed by atoms with Crippen LogP contribution in [-0.4, -0.2) is 22.5 Å². The number of thiophene rings is 1. The van der Waals surface area contributed by atoms with E-state index < -0.39 is 6.10 Å². The number of rotatable bonds is 8. The molecule has 0 spiro atoms. The van der Waals surface area contributed by atoms with Crippen molar-refractivity contribution in [2.75, 3.05) is 6.61 Å². The lowest BCUT2D eigenvalue weighted by Gasteiger charge is -2.24. The Balaban J connectivity index is 1.41. The van der Waals surface area contributed by atoms with Crippen molar-refractivity contribution in [2.24, 2.45) is 5.92 Å². The highest BCUT2D eigenvalue weighted by Gasteiger charge is 2.42. The van der Waals surface area contributed by atoms with E-state index in [1.165, 1.54) is 15.3 Å². The molecule has 1 heterocycles. The Bertz CT molecular complexity index is 957. The molecule has 164 valence electrons. The molecular weight excluding hydrogens is 447 g/mol. The van der Waals surface area contributed by atoms with Crippen molar-refractivity contribution in [1.29, 1.82) is 0 Å². The number of halogens is 2. The van der Waals surface area contributed by atoms with Crippen LogP contribution in [0.15, 0.2) is 66.7 Å². The van der Waals surface area contributed by atoms with E-state index in [9.17, 15) is 5.11 Å². The summed E-state index contributed by atoms with van der Waals surface area (Å²) in [6.45, 7) is 3.25. The van der Waals surface area contributed by atoms with E-state index >= 15 is 0 Å². The third-order valence-corrected chi connectivity index (χ3v) is 8.06. The van der Waals surface area contributed by atoms with E-state index in [-0.39, 0.29) is 22.6 Å². The van der Waals surface area contributed by atoms with Gasteiger partial charge in [0.1, 0.15) is 0 Å². The number of aliphatic hydroxyl groups is 1. The maximum Gasteiger partial charge on any atom is 0.0838 e. The van der Waals surface area contributed by atoms with Crippen molar-refractivity contribution in [1.82, 2.24) is 0 Å². The molecule has 1 saturated carbocycles. The molecule has 0 saturated heterocycles. The van der Waals surface area contributed by atoms with Crippen LogP contribution in [-0.2, 0) is 17.8 Å². The maximum atomic E-state index is 10.6. The number of ether oxygens (including phenoxy) is 1. The van der Waals surface area contributed by atoms with Crippen molar-refractivity contribution in [2.45, 2.75) is 49.1 Å². The Morgan fingerprint density at radius 3 is 2.42 bits per heavy atom. The Labute approximate surface area is 198 Å². The molecule has 0 aliphatic heterocycles. The summed E-state index contributed by atoms with van der Waals surface area (Å²) in [6, 6.07) is 22.6. The van der Waals surface area contributed by atoms with E-state index in [0.29, 0.717) is 19.6 Å². The fourth-order valence-electron chi connectivity index (χ4n) is 4.42. The second-order valence-corrected chi connectivity index (χ2v) is 10.9. The first-order chi connectivity index (χ1) is 15.0. The molecule has 2 nitrogen and oxygen atoms in total. The van der Waals surface area contributed by atoms with Gasteiger partial charge in [-0.25, -0.2) is 0 Å². The highest BCUT2D eigenvalue weighted by atomic mass is 35.5. The Morgan fingerprint density at radius 1 is 1.00 bits per heavy atom. The second kappa shape index (κ2) is 10.5. The van der Waals surface area contributed by atoms with Crippen molar-refractivity contribution in [3.05, 3.63) is 93.2 Å². The molecular formula is C26H28Cl2O2S. The smallest absolute Gasteiger partial charge is 0.0838 e. The van der Waals surface area contributed by atoms with Crippen LogP contribution in [0.3, 0.4) is 0 Å². The zero-order chi connectivity index (χ0) is 21.8. The van der Waals surface area contributed by atoms with E-state index in [0.717, 1.165) is 17.5 Å². The first-order valence-corrected chi connectivity index (χ1v) is 12.4. The van der Waals surface area contributed by atoms with Gasteiger partial charge < -0.3 is 9.84 Å². The monoisotopic (exact) mass is 474 g/mol. The molecule has 1 aliphatic carbocycles. The lowest BCUT2D eigenvalue weighted by atomic mass is 9.88. The third-order valence-electron chi connectivity index (χ3n) is 6.08. The maximum absolute atomic E-state index is 10.6. The van der Waals surface area contributed by atoms with Gasteiger partial charge in [0.25, 0.3) is 0 Å². The van der Waals surface area contributed by atoms with Gasteiger partial charge in [-0.1, -0.05) is 54.6 Å². The Morgan fingerprint density at radius 2 is 1.74 bits per heavy atom. The van der Waals surface area contributed by atoms with Gasteiger partial charge in [-0.15, -0.1) is 34.5 Å². The number of aliphatic hydroxyl groups excluding tert-OH is 1. The SMILES string of the molecule is Cc1ccc(CC(O)c2ccc(C3C(Cl)CC(Cl)C3COCc3ccccc3)cc2)s1. The van der Waals surface area contributed by atoms with Gasteiger partial charge in [0.05, 0.1) is 19.3 Å². The van der Waals surface area contributed by atoms with Crippen LogP contribution in [0.1, 0.15) is 44.9 Å². The lowest BCUT2D eigenvalue weighted by molar-refractivity contribution is 0.0847. The fourth-order valence-corrected chi connectivity index (χ4v) is 6.39. The molecule has 1 aliphatic rings. The summed E-state index contributed by atoms with van der Waals surface area (Å²) in [5.41, 5.74) is 3.25. The molecule has 5 heteroatoms. The van der Waals surface area contributed by atoms with E-state index in [4.69, 9.17) is 27.9 Å². The Kier molecular flexibility index (Phi) is 7.73. The largest absolute Gasteiger partial charge is 0.388 e. The minimum atomic E-state index is -0.506. The van der Waals surface area contributed by atoms with Crippen LogP contribution in [0.5, 0.6) is 0 Å². The molecule has 1 aromatic heterocycles. The molecule has 1 fully saturated rings. The first kappa shape index (κ1) is 22.8. The number of benzene rings is 2. The molecule has 3 aromatic rings. The first-order valence-electron chi connectivity index (χ1n) is 10.7. The quantitative estimate of drug-likeness (QED) is 0.361. The van der Waals surface area contributed by atoms with Crippen LogP contribution in [0, 0.1) is 12.8 Å². The molecule has 2 aromatic carbocycles. The fraction of sp³-hybridized carbons (Fsp3) is 0.385. The van der Waals surface area contributed by atoms with Crippen molar-refractivity contribution in [3.8, 4) is 0 Å². The van der Waals surface area contributed by atoms with Crippen LogP contribution in [0.4, 0.5) is 0 Å². The predicted molar refractivity (Wildman–Crippen MR) is 130 cm³/mol. The minimum Gasteiger partial charge on any atom is -0.388 e. The van der Waals surface area contributed by atoms with Crippen molar-refractivity contribution >= 4 is 34.5 Å². The number of hydrogen-bond acceptors (Lipinski definition) is 3. The standard InChI is InChI=1S/C26H28Cl2O2S/c1-17-7-12-21(31-17)13-25(29)19-8-10-20(11-9-19)26-22(23(27)14-24(26)28)16-30-15-18-5-3-2-4-6-18/h2-12,22-26,29H,13-16H2,1H3. The van der Waals surface area contributed by atoms with Gasteiger partial charge in [-0.05, 0) is 42.2 Å². The summed E-state index contributed by atoms with van der Waals surface area (Å²) < 4.78 is 6.02. The van der Waals surface area contributed by atoms with E-state index in [2.05, 4.69) is 43.3 Å². The van der Waals surface area contributed by atoms with Gasteiger partial charge in [0.2, 0.25) is 0 Å². The van der Waals surface area contributed by atoms with Crippen LogP contribution >= 0.6 is 34.5 Å². The molecule has 5 unspecified atom stereocenters. The summed E-state index contributed by atoms with van der Waals surface area (Å²) in [6.07, 6.45) is 0.905. The summed E-state index contributed by atoms with van der Waals surface area (Å²) >= 11 is 15.1. The summed E-state index contributed by atoms with van der Waals surface area (Å²) in [4.78, 5) is 2.47. The van der Waals surface area contributed by atoms with Crippen LogP contribution < -0.4 is 0 Å². The average molecular weight is 475 g/mol. The minimum absolute atomic E-state index is 0.00407. The predicted octanol–water partition coefficient (Wildman–Crippen LogP) is 6.87. The topological polar surface area (TPSA) is 29.5 Å². The molecule has 4 rings (SSSR count). The zero-order valence-electron chi connectivity index (χ0n) is 17.6. The second-order valence-electron chi connectivity index (χ2n) is 8.36. The molecule has 0 bridgehead atoms. The van der Waals surface area contributed by atoms with E-state index in [1.807, 2.05) is 30.3 Å². The lowest BCUT2D eigenvalue weighted by Crippen LogP contribution is -2.22. The molecule has 1 N–H and O–H groups in total. The highest BCUT2D eigenvalue weighted by molar-refractivity contribution is 7.11. The molecule has 0 radical (unpaired) electrons. The number of aryl methyl sites for hydroxylation is 1. The third kappa shape index (κ3) is 5.71. The summed E-state index contributed by atoms with van der Waals surface area (Å²) in [7, 11) is 0. The van der Waals surface area contributed by atoms with Gasteiger partial charge in [0, 0.05) is 38.8 Å². The van der Waals surface area contributed by atoms with Crippen molar-refractivity contribution in [3.63, 3.8) is 0 Å². The highest BCUT2D eigenvalue weighted by Crippen LogP contribution is 2.46. The number of hydrogen-bond donors (Lipinski definition) is 1. The summed E-state index contributed by atoms with van der Waals surface area (Å²) in [5, 5.41) is 10.6. The van der Waals surface area contributed by atoms with Crippen LogP contribution in [0.25, 0.3) is 0 Å².